The molecule has 0 aliphatic carbocycles. The molecule has 0 aliphatic rings. The first-order chi connectivity index (χ1) is 15.6. The zero-order valence-electron chi connectivity index (χ0n) is 19.2. The number of anilines is 1. The van der Waals surface area contributed by atoms with Crippen LogP contribution in [0.5, 0.6) is 5.75 Å². The van der Waals surface area contributed by atoms with Gasteiger partial charge in [0.25, 0.3) is 0 Å². The minimum atomic E-state index is -3.55. The van der Waals surface area contributed by atoms with Gasteiger partial charge in [-0.2, -0.15) is 0 Å². The topological polar surface area (TPSA) is 96.0 Å². The molecule has 10 heteroatoms. The molecule has 33 heavy (non-hydrogen) atoms. The van der Waals surface area contributed by atoms with Crippen LogP contribution in [0, 0.1) is 0 Å². The molecule has 0 spiro atoms. The SMILES string of the molecule is CNC(=O)C(C)N(Cc1ccc(Cl)cc1)C(=O)CCCN(c1ccc(OC)cc1)S(C)(=O)=O. The van der Waals surface area contributed by atoms with Gasteiger partial charge in [-0.25, -0.2) is 8.42 Å². The summed E-state index contributed by atoms with van der Waals surface area (Å²) in [5, 5.41) is 3.15. The Labute approximate surface area is 200 Å². The van der Waals surface area contributed by atoms with Gasteiger partial charge in [0.1, 0.15) is 11.8 Å². The third-order valence-electron chi connectivity index (χ3n) is 5.19. The highest BCUT2D eigenvalue weighted by Gasteiger charge is 2.26. The third-order valence-corrected chi connectivity index (χ3v) is 6.64. The van der Waals surface area contributed by atoms with Crippen molar-refractivity contribution in [3.63, 3.8) is 0 Å². The number of ether oxygens (including phenoxy) is 1. The molecular weight excluding hydrogens is 466 g/mol. The maximum atomic E-state index is 13.1. The first kappa shape index (κ1) is 26.5. The highest BCUT2D eigenvalue weighted by molar-refractivity contribution is 7.92. The molecule has 8 nitrogen and oxygen atoms in total. The minimum Gasteiger partial charge on any atom is -0.497 e. The van der Waals surface area contributed by atoms with E-state index in [1.165, 1.54) is 23.4 Å². The molecule has 0 heterocycles. The van der Waals surface area contributed by atoms with Crippen molar-refractivity contribution in [2.24, 2.45) is 0 Å². The number of likely N-dealkylation sites (N-methyl/N-ethyl adjacent to an activating group) is 1. The molecule has 0 aliphatic heterocycles. The van der Waals surface area contributed by atoms with Crippen molar-refractivity contribution in [3.05, 3.63) is 59.1 Å². The molecule has 180 valence electrons. The van der Waals surface area contributed by atoms with Crippen LogP contribution < -0.4 is 14.4 Å². The molecule has 2 amide bonds. The van der Waals surface area contributed by atoms with E-state index in [4.69, 9.17) is 16.3 Å². The number of halogens is 1. The summed E-state index contributed by atoms with van der Waals surface area (Å²) >= 11 is 5.94. The van der Waals surface area contributed by atoms with Crippen molar-refractivity contribution in [3.8, 4) is 5.75 Å². The Morgan fingerprint density at radius 2 is 1.70 bits per heavy atom. The molecule has 2 aromatic rings. The van der Waals surface area contributed by atoms with Crippen LogP contribution in [0.3, 0.4) is 0 Å². The van der Waals surface area contributed by atoms with Gasteiger partial charge in [-0.15, -0.1) is 0 Å². The van der Waals surface area contributed by atoms with Crippen LogP contribution in [0.1, 0.15) is 25.3 Å². The Kier molecular flexibility index (Phi) is 9.55. The summed E-state index contributed by atoms with van der Waals surface area (Å²) in [6.45, 7) is 2.02. The number of carbonyl (C=O) groups excluding carboxylic acids is 2. The number of rotatable bonds is 11. The summed E-state index contributed by atoms with van der Waals surface area (Å²) in [6, 6.07) is 13.0. The van der Waals surface area contributed by atoms with Crippen LogP contribution >= 0.6 is 11.6 Å². The lowest BCUT2D eigenvalue weighted by Crippen LogP contribution is -2.46. The standard InChI is InChI=1S/C23H30ClN3O5S/c1-17(23(29)25-2)26(16-18-7-9-19(24)10-8-18)22(28)6-5-15-27(33(4,30)31)20-11-13-21(32-3)14-12-20/h7-14,17H,5-6,15-16H2,1-4H3,(H,25,29). The molecule has 2 aromatic carbocycles. The number of nitrogens with zero attached hydrogens (tertiary/aromatic N) is 2. The summed E-state index contributed by atoms with van der Waals surface area (Å²) in [4.78, 5) is 26.8. The summed E-state index contributed by atoms with van der Waals surface area (Å²) < 4.78 is 31.1. The Morgan fingerprint density at radius 1 is 1.09 bits per heavy atom. The number of nitrogens with one attached hydrogen (secondary N) is 1. The van der Waals surface area contributed by atoms with E-state index in [-0.39, 0.29) is 37.7 Å². The Morgan fingerprint density at radius 3 is 2.21 bits per heavy atom. The fourth-order valence-corrected chi connectivity index (χ4v) is 4.42. The molecule has 0 saturated carbocycles. The van der Waals surface area contributed by atoms with E-state index in [0.717, 1.165) is 11.8 Å². The number of hydrogen-bond acceptors (Lipinski definition) is 5. The summed E-state index contributed by atoms with van der Waals surface area (Å²) in [7, 11) is -0.502. The van der Waals surface area contributed by atoms with Crippen molar-refractivity contribution >= 4 is 39.1 Å². The van der Waals surface area contributed by atoms with Crippen molar-refractivity contribution in [2.75, 3.05) is 31.3 Å². The number of hydrogen-bond donors (Lipinski definition) is 1. The Hall–Kier alpha value is -2.78. The number of amides is 2. The third kappa shape index (κ3) is 7.64. The van der Waals surface area contributed by atoms with Gasteiger partial charge in [-0.05, 0) is 55.3 Å². The Balaban J connectivity index is 2.12. The van der Waals surface area contributed by atoms with Crippen molar-refractivity contribution in [1.29, 1.82) is 0 Å². The Bertz CT molecular complexity index is 1040. The van der Waals surface area contributed by atoms with Crippen LogP contribution in [0.2, 0.25) is 5.02 Å². The maximum Gasteiger partial charge on any atom is 0.242 e. The molecule has 0 bridgehead atoms. The zero-order valence-corrected chi connectivity index (χ0v) is 20.8. The second-order valence-corrected chi connectivity index (χ2v) is 9.92. The van der Waals surface area contributed by atoms with Crippen molar-refractivity contribution < 1.29 is 22.7 Å². The number of sulfonamides is 1. The molecular formula is C23H30ClN3O5S. The van der Waals surface area contributed by atoms with Crippen LogP contribution in [0.4, 0.5) is 5.69 Å². The molecule has 0 radical (unpaired) electrons. The van der Waals surface area contributed by atoms with E-state index in [2.05, 4.69) is 5.32 Å². The molecule has 1 N–H and O–H groups in total. The lowest BCUT2D eigenvalue weighted by molar-refractivity contribution is -0.140. The van der Waals surface area contributed by atoms with E-state index in [0.29, 0.717) is 16.5 Å². The minimum absolute atomic E-state index is 0.0805. The van der Waals surface area contributed by atoms with Crippen molar-refractivity contribution in [1.82, 2.24) is 10.2 Å². The summed E-state index contributed by atoms with van der Waals surface area (Å²) in [5.41, 5.74) is 1.32. The van der Waals surface area contributed by atoms with E-state index in [1.807, 2.05) is 0 Å². The van der Waals surface area contributed by atoms with E-state index in [1.54, 1.807) is 55.5 Å². The van der Waals surface area contributed by atoms with Gasteiger partial charge in [0, 0.05) is 31.6 Å². The number of benzene rings is 2. The highest BCUT2D eigenvalue weighted by atomic mass is 35.5. The quantitative estimate of drug-likeness (QED) is 0.517. The van der Waals surface area contributed by atoms with Crippen LogP contribution in [0.15, 0.2) is 48.5 Å². The average Bonchev–Trinajstić information content (AvgIpc) is 2.79. The molecule has 0 saturated heterocycles. The van der Waals surface area contributed by atoms with E-state index >= 15 is 0 Å². The number of carbonyl (C=O) groups is 2. The fourth-order valence-electron chi connectivity index (χ4n) is 3.33. The predicted molar refractivity (Wildman–Crippen MR) is 130 cm³/mol. The monoisotopic (exact) mass is 495 g/mol. The summed E-state index contributed by atoms with van der Waals surface area (Å²) in [6.07, 6.45) is 1.49. The van der Waals surface area contributed by atoms with Crippen LogP contribution in [0.25, 0.3) is 0 Å². The zero-order chi connectivity index (χ0) is 24.6. The highest BCUT2D eigenvalue weighted by Crippen LogP contribution is 2.22. The molecule has 1 atom stereocenters. The normalized spacial score (nSPS) is 12.0. The van der Waals surface area contributed by atoms with Gasteiger partial charge in [0.2, 0.25) is 21.8 Å². The lowest BCUT2D eigenvalue weighted by Gasteiger charge is -2.29. The molecule has 0 fully saturated rings. The van der Waals surface area contributed by atoms with E-state index in [9.17, 15) is 18.0 Å². The van der Waals surface area contributed by atoms with Gasteiger partial charge < -0.3 is 15.0 Å². The van der Waals surface area contributed by atoms with Crippen LogP contribution in [-0.4, -0.2) is 58.1 Å². The smallest absolute Gasteiger partial charge is 0.242 e. The maximum absolute atomic E-state index is 13.1. The first-order valence-electron chi connectivity index (χ1n) is 10.4. The largest absolute Gasteiger partial charge is 0.497 e. The summed E-state index contributed by atoms with van der Waals surface area (Å²) in [5.74, 6) is 0.0842. The van der Waals surface area contributed by atoms with E-state index < -0.39 is 16.1 Å². The first-order valence-corrected chi connectivity index (χ1v) is 12.7. The van der Waals surface area contributed by atoms with Crippen molar-refractivity contribution in [2.45, 2.75) is 32.4 Å². The van der Waals surface area contributed by atoms with Crippen LogP contribution in [-0.2, 0) is 26.2 Å². The van der Waals surface area contributed by atoms with Gasteiger partial charge in [0.05, 0.1) is 19.1 Å². The lowest BCUT2D eigenvalue weighted by atomic mass is 10.1. The average molecular weight is 496 g/mol. The van der Waals surface area contributed by atoms with Gasteiger partial charge in [0.15, 0.2) is 0 Å². The molecule has 0 aromatic heterocycles. The fraction of sp³-hybridized carbons (Fsp3) is 0.391. The van der Waals surface area contributed by atoms with Gasteiger partial charge >= 0.3 is 0 Å². The van der Waals surface area contributed by atoms with Gasteiger partial charge in [-0.3, -0.25) is 13.9 Å². The second-order valence-electron chi connectivity index (χ2n) is 7.58. The van der Waals surface area contributed by atoms with Gasteiger partial charge in [-0.1, -0.05) is 23.7 Å². The second kappa shape index (κ2) is 11.9. The molecule has 1 unspecified atom stereocenters. The molecule has 2 rings (SSSR count). The predicted octanol–water partition coefficient (Wildman–Crippen LogP) is 3.06. The number of methoxy groups -OCH3 is 1.